The molecule has 0 fully saturated rings. The first kappa shape index (κ1) is 13.3. The van der Waals surface area contributed by atoms with Crippen LogP contribution in [0.5, 0.6) is 11.5 Å². The molecule has 5 nitrogen and oxygen atoms in total. The van der Waals surface area contributed by atoms with Crippen LogP contribution in [-0.2, 0) is 0 Å². The Balaban J connectivity index is 1.77. The van der Waals surface area contributed by atoms with Crippen molar-refractivity contribution >= 4 is 17.3 Å². The number of hydrogen-bond acceptors (Lipinski definition) is 4. The number of nitrogen functional groups attached to an aromatic ring is 1. The number of rotatable bonds is 2. The molecule has 0 saturated heterocycles. The topological polar surface area (TPSA) is 73.6 Å². The molecule has 0 unspecified atom stereocenters. The van der Waals surface area contributed by atoms with Gasteiger partial charge in [-0.05, 0) is 36.4 Å². The summed E-state index contributed by atoms with van der Waals surface area (Å²) in [6, 6.07) is 12.1. The fourth-order valence-electron chi connectivity index (χ4n) is 2.14. The molecule has 3 N–H and O–H groups in total. The van der Waals surface area contributed by atoms with Crippen LogP contribution in [0.2, 0.25) is 0 Å². The second-order valence-corrected chi connectivity index (χ2v) is 5.34. The smallest absolute Gasteiger partial charge is 0.255 e. The van der Waals surface area contributed by atoms with Crippen LogP contribution in [0.25, 0.3) is 0 Å². The van der Waals surface area contributed by atoms with Gasteiger partial charge in [0.15, 0.2) is 11.5 Å². The van der Waals surface area contributed by atoms with Crippen LogP contribution in [0.3, 0.4) is 0 Å². The van der Waals surface area contributed by atoms with Gasteiger partial charge in [-0.25, -0.2) is 0 Å². The molecule has 0 bridgehead atoms. The summed E-state index contributed by atoms with van der Waals surface area (Å²) >= 11 is 0. The van der Waals surface area contributed by atoms with E-state index in [1.807, 2.05) is 13.8 Å². The Morgan fingerprint density at radius 3 is 2.43 bits per heavy atom. The third-order valence-corrected chi connectivity index (χ3v) is 3.09. The zero-order valence-corrected chi connectivity index (χ0v) is 11.8. The number of amides is 1. The molecule has 108 valence electrons. The number of nitrogens with two attached hydrogens (primary N) is 1. The van der Waals surface area contributed by atoms with Crippen LogP contribution < -0.4 is 20.5 Å². The van der Waals surface area contributed by atoms with Gasteiger partial charge in [0, 0.05) is 36.9 Å². The molecule has 2 aromatic carbocycles. The molecular weight excluding hydrogens is 268 g/mol. The number of hydrogen-bond donors (Lipinski definition) is 2. The second-order valence-electron chi connectivity index (χ2n) is 5.34. The van der Waals surface area contributed by atoms with E-state index in [9.17, 15) is 4.79 Å². The zero-order chi connectivity index (χ0) is 15.0. The second kappa shape index (κ2) is 4.70. The summed E-state index contributed by atoms with van der Waals surface area (Å²) < 4.78 is 11.3. The summed E-state index contributed by atoms with van der Waals surface area (Å²) in [7, 11) is 0. The van der Waals surface area contributed by atoms with Crippen LogP contribution >= 0.6 is 0 Å². The SMILES string of the molecule is CC1(C)Oc2ccc(NC(=O)c3ccc(N)cc3)cc2O1. The van der Waals surface area contributed by atoms with Crippen molar-refractivity contribution in [3.63, 3.8) is 0 Å². The standard InChI is InChI=1S/C16H16N2O3/c1-16(2)20-13-8-7-12(9-14(13)21-16)18-15(19)10-3-5-11(17)6-4-10/h3-9H,17H2,1-2H3,(H,18,19). The molecule has 0 aromatic heterocycles. The summed E-state index contributed by atoms with van der Waals surface area (Å²) in [5.74, 6) is 0.413. The molecule has 0 aliphatic carbocycles. The van der Waals surface area contributed by atoms with E-state index in [-0.39, 0.29) is 5.91 Å². The van der Waals surface area contributed by atoms with E-state index in [2.05, 4.69) is 5.32 Å². The quantitative estimate of drug-likeness (QED) is 0.831. The number of ether oxygens (including phenoxy) is 2. The Morgan fingerprint density at radius 1 is 1.05 bits per heavy atom. The van der Waals surface area contributed by atoms with Crippen LogP contribution in [0.15, 0.2) is 42.5 Å². The highest BCUT2D eigenvalue weighted by Crippen LogP contribution is 2.40. The van der Waals surface area contributed by atoms with Crippen molar-refractivity contribution in [1.82, 2.24) is 0 Å². The van der Waals surface area contributed by atoms with Gasteiger partial charge in [-0.1, -0.05) is 0 Å². The van der Waals surface area contributed by atoms with E-state index in [4.69, 9.17) is 15.2 Å². The van der Waals surface area contributed by atoms with E-state index >= 15 is 0 Å². The molecule has 5 heteroatoms. The fourth-order valence-corrected chi connectivity index (χ4v) is 2.14. The van der Waals surface area contributed by atoms with Crippen molar-refractivity contribution in [3.05, 3.63) is 48.0 Å². The molecule has 1 aliphatic heterocycles. The van der Waals surface area contributed by atoms with E-state index in [1.165, 1.54) is 0 Å². The van der Waals surface area contributed by atoms with E-state index in [1.54, 1.807) is 42.5 Å². The predicted molar refractivity (Wildman–Crippen MR) is 80.6 cm³/mol. The van der Waals surface area contributed by atoms with Gasteiger partial charge in [0.05, 0.1) is 0 Å². The first-order valence-corrected chi connectivity index (χ1v) is 6.62. The molecule has 0 radical (unpaired) electrons. The number of anilines is 2. The average Bonchev–Trinajstić information content (AvgIpc) is 2.72. The van der Waals surface area contributed by atoms with Gasteiger partial charge < -0.3 is 20.5 Å². The minimum absolute atomic E-state index is 0.201. The molecule has 0 spiro atoms. The molecular formula is C16H16N2O3. The zero-order valence-electron chi connectivity index (χ0n) is 11.8. The molecule has 0 atom stereocenters. The molecule has 3 rings (SSSR count). The number of nitrogens with one attached hydrogen (secondary N) is 1. The van der Waals surface area contributed by atoms with Gasteiger partial charge >= 0.3 is 0 Å². The van der Waals surface area contributed by atoms with Gasteiger partial charge in [-0.2, -0.15) is 0 Å². The maximum absolute atomic E-state index is 12.1. The Labute approximate surface area is 122 Å². The van der Waals surface area contributed by atoms with E-state index in [0.717, 1.165) is 0 Å². The molecule has 0 saturated carbocycles. The lowest BCUT2D eigenvalue weighted by Crippen LogP contribution is -2.29. The average molecular weight is 284 g/mol. The van der Waals surface area contributed by atoms with E-state index in [0.29, 0.717) is 28.4 Å². The number of fused-ring (bicyclic) bond motifs is 1. The summed E-state index contributed by atoms with van der Waals surface area (Å²) in [5, 5.41) is 2.82. The maximum atomic E-state index is 12.1. The van der Waals surface area contributed by atoms with Crippen molar-refractivity contribution in [2.45, 2.75) is 19.6 Å². The lowest BCUT2D eigenvalue weighted by Gasteiger charge is -2.16. The highest BCUT2D eigenvalue weighted by Gasteiger charge is 2.31. The Kier molecular flexibility index (Phi) is 2.97. The van der Waals surface area contributed by atoms with E-state index < -0.39 is 5.79 Å². The van der Waals surface area contributed by atoms with Crippen molar-refractivity contribution in [3.8, 4) is 11.5 Å². The number of benzene rings is 2. The van der Waals surface area contributed by atoms with Gasteiger partial charge in [-0.3, -0.25) is 4.79 Å². The highest BCUT2D eigenvalue weighted by atomic mass is 16.7. The Hall–Kier alpha value is -2.69. The number of carbonyl (C=O) groups is 1. The molecule has 1 aliphatic rings. The highest BCUT2D eigenvalue weighted by molar-refractivity contribution is 6.04. The van der Waals surface area contributed by atoms with Crippen molar-refractivity contribution in [1.29, 1.82) is 0 Å². The molecule has 1 heterocycles. The summed E-state index contributed by atoms with van der Waals surface area (Å²) in [5.41, 5.74) is 7.42. The minimum atomic E-state index is -0.679. The monoisotopic (exact) mass is 284 g/mol. The fraction of sp³-hybridized carbons (Fsp3) is 0.188. The largest absolute Gasteiger partial charge is 0.449 e. The maximum Gasteiger partial charge on any atom is 0.255 e. The third-order valence-electron chi connectivity index (χ3n) is 3.09. The lowest BCUT2D eigenvalue weighted by atomic mass is 10.2. The van der Waals surface area contributed by atoms with Crippen LogP contribution in [0.1, 0.15) is 24.2 Å². The molecule has 1 amide bonds. The van der Waals surface area contributed by atoms with Crippen molar-refractivity contribution in [2.75, 3.05) is 11.1 Å². The molecule has 2 aromatic rings. The lowest BCUT2D eigenvalue weighted by molar-refractivity contribution is -0.0431. The molecule has 21 heavy (non-hydrogen) atoms. The summed E-state index contributed by atoms with van der Waals surface area (Å²) in [6.45, 7) is 3.67. The Bertz CT molecular complexity index is 693. The first-order valence-electron chi connectivity index (χ1n) is 6.62. The van der Waals surface area contributed by atoms with Crippen LogP contribution in [0, 0.1) is 0 Å². The van der Waals surface area contributed by atoms with Crippen LogP contribution in [-0.4, -0.2) is 11.7 Å². The predicted octanol–water partition coefficient (Wildman–Crippen LogP) is 3.03. The summed E-state index contributed by atoms with van der Waals surface area (Å²) in [4.78, 5) is 12.1. The number of carbonyl (C=O) groups excluding carboxylic acids is 1. The van der Waals surface area contributed by atoms with Gasteiger partial charge in [0.2, 0.25) is 5.79 Å². The summed E-state index contributed by atoms with van der Waals surface area (Å²) in [6.07, 6.45) is 0. The van der Waals surface area contributed by atoms with Crippen molar-refractivity contribution in [2.24, 2.45) is 0 Å². The van der Waals surface area contributed by atoms with Crippen LogP contribution in [0.4, 0.5) is 11.4 Å². The minimum Gasteiger partial charge on any atom is -0.449 e. The van der Waals surface area contributed by atoms with Gasteiger partial charge in [-0.15, -0.1) is 0 Å². The van der Waals surface area contributed by atoms with Crippen molar-refractivity contribution < 1.29 is 14.3 Å². The first-order chi connectivity index (χ1) is 9.93. The normalized spacial score (nSPS) is 14.8. The third kappa shape index (κ3) is 2.76. The Morgan fingerprint density at radius 2 is 1.71 bits per heavy atom. The van der Waals surface area contributed by atoms with Gasteiger partial charge in [0.25, 0.3) is 5.91 Å². The van der Waals surface area contributed by atoms with Gasteiger partial charge in [0.1, 0.15) is 0 Å².